The second-order valence-corrected chi connectivity index (χ2v) is 6.42. The summed E-state index contributed by atoms with van der Waals surface area (Å²) in [5.74, 6) is 3.45. The number of anilines is 1. The molecule has 0 saturated carbocycles. The van der Waals surface area contributed by atoms with Gasteiger partial charge in [-0.2, -0.15) is 4.98 Å². The summed E-state index contributed by atoms with van der Waals surface area (Å²) in [5, 5.41) is 2.78. The van der Waals surface area contributed by atoms with Crippen molar-refractivity contribution < 1.29 is 13.9 Å². The van der Waals surface area contributed by atoms with Crippen molar-refractivity contribution in [2.75, 3.05) is 5.32 Å². The molecular formula is C22H19N5O3. The number of rotatable bonds is 6. The summed E-state index contributed by atoms with van der Waals surface area (Å²) in [4.78, 5) is 25.0. The monoisotopic (exact) mass is 401 g/mol. The van der Waals surface area contributed by atoms with Crippen LogP contribution < -0.4 is 10.1 Å². The number of benzene rings is 1. The van der Waals surface area contributed by atoms with Crippen molar-refractivity contribution in [2.45, 2.75) is 13.8 Å². The smallest absolute Gasteiger partial charge is 0.248 e. The lowest BCUT2D eigenvalue weighted by Gasteiger charge is -2.10. The van der Waals surface area contributed by atoms with E-state index in [9.17, 15) is 4.79 Å². The summed E-state index contributed by atoms with van der Waals surface area (Å²) in [5.41, 5.74) is 0.644. The summed E-state index contributed by atoms with van der Waals surface area (Å²) >= 11 is 0. The van der Waals surface area contributed by atoms with Crippen molar-refractivity contribution >= 4 is 17.7 Å². The lowest BCUT2D eigenvalue weighted by atomic mass is 10.3. The SMILES string of the molecule is Cc1nc(Oc2ccc(NC(=O)/C=C/c3ccco3)cc2)cc(-n2ccnc2C)n1. The van der Waals surface area contributed by atoms with E-state index in [1.165, 1.54) is 6.08 Å². The van der Waals surface area contributed by atoms with Crippen LogP contribution in [0.15, 0.2) is 71.6 Å². The molecule has 30 heavy (non-hydrogen) atoms. The maximum atomic E-state index is 12.0. The molecule has 3 aromatic heterocycles. The minimum absolute atomic E-state index is 0.258. The van der Waals surface area contributed by atoms with Gasteiger partial charge in [-0.1, -0.05) is 0 Å². The Labute approximate surface area is 172 Å². The van der Waals surface area contributed by atoms with E-state index < -0.39 is 0 Å². The van der Waals surface area contributed by atoms with Crippen molar-refractivity contribution in [1.82, 2.24) is 19.5 Å². The number of aryl methyl sites for hydroxylation is 2. The van der Waals surface area contributed by atoms with Crippen LogP contribution in [0.1, 0.15) is 17.4 Å². The molecule has 0 bridgehead atoms. The average molecular weight is 401 g/mol. The minimum Gasteiger partial charge on any atom is -0.465 e. The summed E-state index contributed by atoms with van der Waals surface area (Å²) in [6, 6.07) is 12.3. The van der Waals surface area contributed by atoms with E-state index >= 15 is 0 Å². The predicted octanol–water partition coefficient (Wildman–Crippen LogP) is 4.32. The van der Waals surface area contributed by atoms with Crippen molar-refractivity contribution in [3.8, 4) is 17.4 Å². The van der Waals surface area contributed by atoms with Gasteiger partial charge < -0.3 is 14.5 Å². The van der Waals surface area contributed by atoms with Crippen molar-refractivity contribution in [3.63, 3.8) is 0 Å². The van der Waals surface area contributed by atoms with Crippen LogP contribution in [-0.4, -0.2) is 25.4 Å². The Morgan fingerprint density at radius 2 is 2.00 bits per heavy atom. The van der Waals surface area contributed by atoms with E-state index in [1.807, 2.05) is 17.7 Å². The maximum Gasteiger partial charge on any atom is 0.248 e. The Kier molecular flexibility index (Phi) is 5.38. The molecule has 1 amide bonds. The van der Waals surface area contributed by atoms with Gasteiger partial charge in [-0.25, -0.2) is 9.97 Å². The van der Waals surface area contributed by atoms with E-state index in [0.29, 0.717) is 34.7 Å². The van der Waals surface area contributed by atoms with Crippen LogP contribution in [0.4, 0.5) is 5.69 Å². The van der Waals surface area contributed by atoms with E-state index in [0.717, 1.165) is 5.82 Å². The van der Waals surface area contributed by atoms with Crippen LogP contribution in [0, 0.1) is 13.8 Å². The first-order valence-corrected chi connectivity index (χ1v) is 9.23. The molecule has 0 aliphatic carbocycles. The zero-order valence-corrected chi connectivity index (χ0v) is 16.4. The fourth-order valence-electron chi connectivity index (χ4n) is 2.78. The molecule has 0 aliphatic rings. The van der Waals surface area contributed by atoms with Gasteiger partial charge in [-0.3, -0.25) is 9.36 Å². The number of imidazole rings is 1. The molecule has 4 rings (SSSR count). The molecule has 1 N–H and O–H groups in total. The number of hydrogen-bond donors (Lipinski definition) is 1. The number of hydrogen-bond acceptors (Lipinski definition) is 6. The number of nitrogens with one attached hydrogen (secondary N) is 1. The standard InChI is InChI=1S/C22H19N5O3/c1-15-24-20(27-12-11-23-16(27)2)14-22(25-15)30-19-7-5-17(6-8-19)26-21(28)10-9-18-4-3-13-29-18/h3-14H,1-2H3,(H,26,28)/b10-9+. The third kappa shape index (κ3) is 4.61. The summed E-state index contributed by atoms with van der Waals surface area (Å²) < 4.78 is 12.9. The van der Waals surface area contributed by atoms with Crippen LogP contribution in [0.2, 0.25) is 0 Å². The molecule has 1 aromatic carbocycles. The number of amides is 1. The molecule has 0 atom stereocenters. The number of ether oxygens (including phenoxy) is 1. The molecule has 0 spiro atoms. The third-order valence-electron chi connectivity index (χ3n) is 4.16. The third-order valence-corrected chi connectivity index (χ3v) is 4.16. The van der Waals surface area contributed by atoms with Crippen molar-refractivity contribution in [1.29, 1.82) is 0 Å². The normalized spacial score (nSPS) is 11.0. The number of carbonyl (C=O) groups is 1. The summed E-state index contributed by atoms with van der Waals surface area (Å²) in [6.45, 7) is 3.70. The molecule has 0 fully saturated rings. The molecule has 4 aromatic rings. The van der Waals surface area contributed by atoms with E-state index in [4.69, 9.17) is 9.15 Å². The number of furan rings is 1. The Morgan fingerprint density at radius 1 is 1.17 bits per heavy atom. The lowest BCUT2D eigenvalue weighted by molar-refractivity contribution is -0.111. The molecule has 0 unspecified atom stereocenters. The fraction of sp³-hybridized carbons (Fsp3) is 0.0909. The highest BCUT2D eigenvalue weighted by Crippen LogP contribution is 2.23. The van der Waals surface area contributed by atoms with Crippen LogP contribution in [-0.2, 0) is 4.79 Å². The van der Waals surface area contributed by atoms with Crippen molar-refractivity contribution in [3.05, 3.63) is 84.6 Å². The van der Waals surface area contributed by atoms with E-state index in [1.54, 1.807) is 67.9 Å². The van der Waals surface area contributed by atoms with Gasteiger partial charge in [-0.15, -0.1) is 0 Å². The molecule has 150 valence electrons. The van der Waals surface area contributed by atoms with Crippen LogP contribution in [0.5, 0.6) is 11.6 Å². The van der Waals surface area contributed by atoms with Crippen LogP contribution >= 0.6 is 0 Å². The first-order valence-electron chi connectivity index (χ1n) is 9.23. The second kappa shape index (κ2) is 8.44. The van der Waals surface area contributed by atoms with Gasteiger partial charge >= 0.3 is 0 Å². The molecule has 0 radical (unpaired) electrons. The Bertz CT molecular complexity index is 1180. The molecule has 3 heterocycles. The zero-order chi connectivity index (χ0) is 20.9. The molecule has 8 nitrogen and oxygen atoms in total. The predicted molar refractivity (Wildman–Crippen MR) is 112 cm³/mol. The van der Waals surface area contributed by atoms with Crippen molar-refractivity contribution in [2.24, 2.45) is 0 Å². The molecular weight excluding hydrogens is 382 g/mol. The maximum absolute atomic E-state index is 12.0. The first-order chi connectivity index (χ1) is 14.6. The van der Waals surface area contributed by atoms with Gasteiger partial charge in [0, 0.05) is 30.2 Å². The fourth-order valence-corrected chi connectivity index (χ4v) is 2.78. The highest BCUT2D eigenvalue weighted by molar-refractivity contribution is 6.01. The van der Waals surface area contributed by atoms with Gasteiger partial charge in [0.25, 0.3) is 0 Å². The zero-order valence-electron chi connectivity index (χ0n) is 16.4. The van der Waals surface area contributed by atoms with E-state index in [-0.39, 0.29) is 5.91 Å². The van der Waals surface area contributed by atoms with Crippen LogP contribution in [0.25, 0.3) is 11.9 Å². The highest BCUT2D eigenvalue weighted by Gasteiger charge is 2.08. The number of aromatic nitrogens is 4. The second-order valence-electron chi connectivity index (χ2n) is 6.42. The lowest BCUT2D eigenvalue weighted by Crippen LogP contribution is -2.07. The number of nitrogens with zero attached hydrogens (tertiary/aromatic N) is 4. The highest BCUT2D eigenvalue weighted by atomic mass is 16.5. The molecule has 0 aliphatic heterocycles. The Hall–Kier alpha value is -4.20. The Balaban J connectivity index is 1.43. The van der Waals surface area contributed by atoms with E-state index in [2.05, 4.69) is 20.3 Å². The van der Waals surface area contributed by atoms with Gasteiger partial charge in [-0.05, 0) is 56.3 Å². The Morgan fingerprint density at radius 3 is 2.70 bits per heavy atom. The number of carbonyl (C=O) groups excluding carboxylic acids is 1. The molecule has 8 heteroatoms. The minimum atomic E-state index is -0.258. The largest absolute Gasteiger partial charge is 0.465 e. The molecule has 0 saturated heterocycles. The summed E-state index contributed by atoms with van der Waals surface area (Å²) in [7, 11) is 0. The first kappa shape index (κ1) is 19.1. The quantitative estimate of drug-likeness (QED) is 0.484. The van der Waals surface area contributed by atoms with Gasteiger partial charge in [0.05, 0.1) is 6.26 Å². The van der Waals surface area contributed by atoms with Crippen LogP contribution in [0.3, 0.4) is 0 Å². The van der Waals surface area contributed by atoms with Gasteiger partial charge in [0.2, 0.25) is 11.8 Å². The summed E-state index contributed by atoms with van der Waals surface area (Å²) in [6.07, 6.45) is 8.11. The topological polar surface area (TPSA) is 95.1 Å². The average Bonchev–Trinajstić information content (AvgIpc) is 3.39. The van der Waals surface area contributed by atoms with Gasteiger partial charge in [0.1, 0.15) is 29.0 Å². The van der Waals surface area contributed by atoms with Gasteiger partial charge in [0.15, 0.2) is 0 Å².